The third-order valence-corrected chi connectivity index (χ3v) is 4.68. The lowest BCUT2D eigenvalue weighted by Crippen LogP contribution is -2.57. The van der Waals surface area contributed by atoms with Crippen molar-refractivity contribution in [1.29, 1.82) is 0 Å². The number of nitrogens with one attached hydrogen (secondary N) is 4. The van der Waals surface area contributed by atoms with Crippen LogP contribution in [0.2, 0.25) is 0 Å². The number of carboxylic acid groups (broad SMARTS) is 1. The van der Waals surface area contributed by atoms with E-state index in [9.17, 15) is 29.1 Å². The second-order valence-electron chi connectivity index (χ2n) is 7.70. The normalized spacial score (nSPS) is 14.0. The highest BCUT2D eigenvalue weighted by molar-refractivity contribution is 5.94. The van der Waals surface area contributed by atoms with Crippen molar-refractivity contribution in [3.8, 4) is 0 Å². The molecule has 4 amide bonds. The number of imidazole rings is 1. The van der Waals surface area contributed by atoms with Crippen LogP contribution in [0.4, 0.5) is 0 Å². The van der Waals surface area contributed by atoms with Gasteiger partial charge in [-0.25, -0.2) is 9.78 Å². The van der Waals surface area contributed by atoms with Gasteiger partial charge in [0.05, 0.1) is 18.8 Å². The van der Waals surface area contributed by atoms with E-state index >= 15 is 0 Å². The molecule has 13 N–H and O–H groups in total. The van der Waals surface area contributed by atoms with Crippen LogP contribution < -0.4 is 38.9 Å². The summed E-state index contributed by atoms with van der Waals surface area (Å²) in [5.41, 5.74) is 21.5. The summed E-state index contributed by atoms with van der Waals surface area (Å²) in [5, 5.41) is 16.6. The number of hydrogen-bond acceptors (Lipinski definition) is 8. The molecule has 4 atom stereocenters. The minimum absolute atomic E-state index is 0.0345. The summed E-state index contributed by atoms with van der Waals surface area (Å²) >= 11 is 0. The van der Waals surface area contributed by atoms with Crippen molar-refractivity contribution in [2.75, 3.05) is 6.54 Å². The molecule has 4 unspecified atom stereocenters. The van der Waals surface area contributed by atoms with Crippen LogP contribution in [0.15, 0.2) is 17.5 Å². The molecule has 194 valence electrons. The van der Waals surface area contributed by atoms with Crippen LogP contribution in [0.5, 0.6) is 0 Å². The number of H-pyrrole nitrogens is 1. The molecule has 1 rings (SSSR count). The molecule has 0 aliphatic heterocycles. The Kier molecular flexibility index (Phi) is 11.6. The van der Waals surface area contributed by atoms with Crippen LogP contribution >= 0.6 is 0 Å². The number of aliphatic imine (C=N–C) groups is 1. The molecule has 0 aromatic carbocycles. The summed E-state index contributed by atoms with van der Waals surface area (Å²) in [4.78, 5) is 70.5. The van der Waals surface area contributed by atoms with E-state index < -0.39 is 60.2 Å². The second kappa shape index (κ2) is 14.1. The fourth-order valence-corrected chi connectivity index (χ4v) is 2.85. The van der Waals surface area contributed by atoms with Crippen LogP contribution in [0.25, 0.3) is 0 Å². The number of hydrogen-bond donors (Lipinski definition) is 9. The van der Waals surface area contributed by atoms with Gasteiger partial charge in [0.1, 0.15) is 18.1 Å². The summed E-state index contributed by atoms with van der Waals surface area (Å²) in [6, 6.07) is -4.85. The van der Waals surface area contributed by atoms with E-state index in [2.05, 4.69) is 30.9 Å². The number of carbonyl (C=O) groups excluding carboxylic acids is 4. The number of carboxylic acids is 1. The highest BCUT2D eigenvalue weighted by Gasteiger charge is 2.29. The van der Waals surface area contributed by atoms with Gasteiger partial charge in [-0.3, -0.25) is 24.2 Å². The first-order valence-corrected chi connectivity index (χ1v) is 10.6. The minimum atomic E-state index is -1.28. The van der Waals surface area contributed by atoms with Gasteiger partial charge in [-0.05, 0) is 19.8 Å². The van der Waals surface area contributed by atoms with Gasteiger partial charge in [0.25, 0.3) is 0 Å². The van der Waals surface area contributed by atoms with Crippen molar-refractivity contribution in [2.24, 2.45) is 27.9 Å². The van der Waals surface area contributed by atoms with E-state index in [-0.39, 0.29) is 31.8 Å². The number of carbonyl (C=O) groups is 5. The number of aromatic nitrogens is 2. The predicted molar refractivity (Wildman–Crippen MR) is 123 cm³/mol. The Balaban J connectivity index is 2.86. The van der Waals surface area contributed by atoms with E-state index in [1.807, 2.05) is 0 Å². The molecule has 0 bridgehead atoms. The molecule has 1 aromatic rings. The van der Waals surface area contributed by atoms with Gasteiger partial charge in [0.15, 0.2) is 5.96 Å². The standard InChI is InChI=1S/C19H32N10O6/c1-9(27-16(32)11(20)6-14(21)30)15(31)29-13(5-10-7-24-8-26-10)17(33)28-12(18(34)35)3-2-4-25-19(22)23/h7-9,11-13H,2-6,20H2,1H3,(H2,21,30)(H,24,26)(H,27,32)(H,28,33)(H,29,31)(H,34,35)(H4,22,23,25). The monoisotopic (exact) mass is 496 g/mol. The van der Waals surface area contributed by atoms with E-state index in [0.29, 0.717) is 5.69 Å². The lowest BCUT2D eigenvalue weighted by molar-refractivity contribution is -0.142. The zero-order valence-corrected chi connectivity index (χ0v) is 19.2. The summed E-state index contributed by atoms with van der Waals surface area (Å²) in [6.07, 6.45) is 2.67. The van der Waals surface area contributed by atoms with Gasteiger partial charge in [-0.1, -0.05) is 0 Å². The van der Waals surface area contributed by atoms with Crippen LogP contribution in [-0.2, 0) is 30.4 Å². The van der Waals surface area contributed by atoms with Gasteiger partial charge < -0.3 is 49.0 Å². The fourth-order valence-electron chi connectivity index (χ4n) is 2.85. The summed E-state index contributed by atoms with van der Waals surface area (Å²) < 4.78 is 0. The number of nitrogens with two attached hydrogens (primary N) is 4. The maximum atomic E-state index is 12.9. The van der Waals surface area contributed by atoms with Crippen molar-refractivity contribution in [2.45, 2.75) is 56.8 Å². The third-order valence-electron chi connectivity index (χ3n) is 4.68. The number of guanidine groups is 1. The largest absolute Gasteiger partial charge is 0.480 e. The molecule has 0 aliphatic rings. The molecule has 16 nitrogen and oxygen atoms in total. The fraction of sp³-hybridized carbons (Fsp3) is 0.526. The molecule has 0 spiro atoms. The molecular formula is C19H32N10O6. The Morgan fingerprint density at radius 1 is 1.06 bits per heavy atom. The van der Waals surface area contributed by atoms with Gasteiger partial charge >= 0.3 is 5.97 Å². The summed E-state index contributed by atoms with van der Waals surface area (Å²) in [6.45, 7) is 1.52. The van der Waals surface area contributed by atoms with Crippen molar-refractivity contribution < 1.29 is 29.1 Å². The smallest absolute Gasteiger partial charge is 0.326 e. The first kappa shape index (κ1) is 28.8. The van der Waals surface area contributed by atoms with Crippen LogP contribution in [-0.4, -0.2) is 81.3 Å². The number of rotatable bonds is 15. The van der Waals surface area contributed by atoms with Gasteiger partial charge in [-0.2, -0.15) is 0 Å². The molecule has 0 saturated heterocycles. The van der Waals surface area contributed by atoms with Crippen LogP contribution in [0, 0.1) is 0 Å². The number of aromatic amines is 1. The Hall–Kier alpha value is -4.21. The molecule has 0 saturated carbocycles. The minimum Gasteiger partial charge on any atom is -0.480 e. The summed E-state index contributed by atoms with van der Waals surface area (Å²) in [7, 11) is 0. The van der Waals surface area contributed by atoms with Crippen molar-refractivity contribution >= 4 is 35.6 Å². The number of aliphatic carboxylic acids is 1. The molecule has 0 aliphatic carbocycles. The van der Waals surface area contributed by atoms with Crippen LogP contribution in [0.3, 0.4) is 0 Å². The summed E-state index contributed by atoms with van der Waals surface area (Å²) in [5.74, 6) is -4.51. The SMILES string of the molecule is CC(NC(=O)C(N)CC(N)=O)C(=O)NC(Cc1cnc[nH]1)C(=O)NC(CCCN=C(N)N)C(=O)O. The Labute approximate surface area is 200 Å². The highest BCUT2D eigenvalue weighted by atomic mass is 16.4. The average molecular weight is 497 g/mol. The maximum absolute atomic E-state index is 12.9. The maximum Gasteiger partial charge on any atom is 0.326 e. The van der Waals surface area contributed by atoms with E-state index in [0.717, 1.165) is 0 Å². The molecule has 16 heteroatoms. The van der Waals surface area contributed by atoms with Gasteiger partial charge in [-0.15, -0.1) is 0 Å². The third kappa shape index (κ3) is 11.0. The van der Waals surface area contributed by atoms with Gasteiger partial charge in [0.2, 0.25) is 23.6 Å². The zero-order chi connectivity index (χ0) is 26.5. The predicted octanol–water partition coefficient (Wildman–Crippen LogP) is -4.23. The van der Waals surface area contributed by atoms with Crippen molar-refractivity contribution in [3.05, 3.63) is 18.2 Å². The average Bonchev–Trinajstić information content (AvgIpc) is 3.27. The molecule has 1 aromatic heterocycles. The Bertz CT molecular complexity index is 915. The number of amides is 4. The Morgan fingerprint density at radius 3 is 2.26 bits per heavy atom. The highest BCUT2D eigenvalue weighted by Crippen LogP contribution is 2.04. The molecule has 1 heterocycles. The second-order valence-corrected chi connectivity index (χ2v) is 7.70. The lowest BCUT2D eigenvalue weighted by atomic mass is 10.1. The number of nitrogens with zero attached hydrogens (tertiary/aromatic N) is 2. The topological polar surface area (TPSA) is 287 Å². The number of primary amides is 1. The van der Waals surface area contributed by atoms with Crippen molar-refractivity contribution in [1.82, 2.24) is 25.9 Å². The van der Waals surface area contributed by atoms with Crippen LogP contribution in [0.1, 0.15) is 31.9 Å². The molecule has 0 radical (unpaired) electrons. The van der Waals surface area contributed by atoms with E-state index in [4.69, 9.17) is 22.9 Å². The molecule has 35 heavy (non-hydrogen) atoms. The quantitative estimate of drug-likeness (QED) is 0.0640. The first-order chi connectivity index (χ1) is 16.4. The van der Waals surface area contributed by atoms with E-state index in [1.165, 1.54) is 19.4 Å². The van der Waals surface area contributed by atoms with Crippen molar-refractivity contribution in [3.63, 3.8) is 0 Å². The molecule has 0 fully saturated rings. The van der Waals surface area contributed by atoms with Gasteiger partial charge in [0, 0.05) is 24.9 Å². The lowest BCUT2D eigenvalue weighted by Gasteiger charge is -2.23. The van der Waals surface area contributed by atoms with E-state index in [1.54, 1.807) is 0 Å². The first-order valence-electron chi connectivity index (χ1n) is 10.6. The molecular weight excluding hydrogens is 464 g/mol. The Morgan fingerprint density at radius 2 is 1.71 bits per heavy atom. The zero-order valence-electron chi connectivity index (χ0n) is 19.2.